The molecule has 1 amide bonds. The largest absolute Gasteiger partial charge is 0.450 e. The second kappa shape index (κ2) is 6.02. The van der Waals surface area contributed by atoms with Crippen LogP contribution in [-0.4, -0.2) is 30.7 Å². The van der Waals surface area contributed by atoms with E-state index in [0.717, 1.165) is 0 Å². The van der Waals surface area contributed by atoms with Crippen LogP contribution in [0.1, 0.15) is 13.8 Å². The topological polar surface area (TPSA) is 127 Å². The highest BCUT2D eigenvalue weighted by atomic mass is 16.6. The highest BCUT2D eigenvalue weighted by Crippen LogP contribution is 2.48. The maximum Gasteiger partial charge on any atom is 0.410 e. The molecular weight excluding hydrogens is 294 g/mol. The van der Waals surface area contributed by atoms with Gasteiger partial charge in [0.15, 0.2) is 5.41 Å². The van der Waals surface area contributed by atoms with Gasteiger partial charge in [0.2, 0.25) is 0 Å². The van der Waals surface area contributed by atoms with Crippen LogP contribution >= 0.6 is 0 Å². The molecule has 0 bridgehead atoms. The van der Waals surface area contributed by atoms with E-state index in [1.54, 1.807) is 19.9 Å². The van der Waals surface area contributed by atoms with Crippen molar-refractivity contribution in [3.05, 3.63) is 22.9 Å². The summed E-state index contributed by atoms with van der Waals surface area (Å²) in [6, 6.07) is 5.97. The number of nitriles is 3. The predicted octanol–water partition coefficient (Wildman–Crippen LogP) is 1.42. The lowest BCUT2D eigenvalue weighted by Gasteiger charge is -2.43. The molecule has 118 valence electrons. The van der Waals surface area contributed by atoms with Gasteiger partial charge >= 0.3 is 6.09 Å². The van der Waals surface area contributed by atoms with Crippen LogP contribution in [0, 0.1) is 51.2 Å². The number of nitrogens with zero attached hydrogens (tertiary/aromatic N) is 4. The minimum atomic E-state index is -1.56. The van der Waals surface area contributed by atoms with Gasteiger partial charge in [-0.25, -0.2) is 4.79 Å². The maximum absolute atomic E-state index is 11.9. The zero-order valence-corrected chi connectivity index (χ0v) is 13.0. The van der Waals surface area contributed by atoms with Crippen LogP contribution in [-0.2, 0) is 4.74 Å². The average Bonchev–Trinajstić information content (AvgIpc) is 2.56. The van der Waals surface area contributed by atoms with Crippen molar-refractivity contribution in [2.45, 2.75) is 13.8 Å². The summed E-state index contributed by atoms with van der Waals surface area (Å²) in [4.78, 5) is 13.4. The van der Waals surface area contributed by atoms with E-state index in [0.29, 0.717) is 12.1 Å². The number of rotatable bonds is 1. The third-order valence-electron chi connectivity index (χ3n) is 4.61. The van der Waals surface area contributed by atoms with Crippen LogP contribution in [0.3, 0.4) is 0 Å². The Hall–Kier alpha value is -2.98. The Morgan fingerprint density at radius 2 is 2.13 bits per heavy atom. The Morgan fingerprint density at radius 1 is 1.48 bits per heavy atom. The molecule has 0 saturated heterocycles. The summed E-state index contributed by atoms with van der Waals surface area (Å²) in [5, 5.41) is 28.5. The van der Waals surface area contributed by atoms with Gasteiger partial charge in [0.1, 0.15) is 6.07 Å². The smallest absolute Gasteiger partial charge is 0.410 e. The number of nitrogens with two attached hydrogens (primary N) is 1. The van der Waals surface area contributed by atoms with E-state index >= 15 is 0 Å². The van der Waals surface area contributed by atoms with Gasteiger partial charge in [-0.15, -0.1) is 0 Å². The van der Waals surface area contributed by atoms with Gasteiger partial charge in [0.05, 0.1) is 30.0 Å². The van der Waals surface area contributed by atoms with Crippen LogP contribution in [0.25, 0.3) is 0 Å². The van der Waals surface area contributed by atoms with Crippen molar-refractivity contribution in [3.8, 4) is 18.2 Å². The Bertz CT molecular complexity index is 702. The summed E-state index contributed by atoms with van der Waals surface area (Å²) in [7, 11) is 0. The highest BCUT2D eigenvalue weighted by molar-refractivity contribution is 5.69. The number of amides is 1. The standard InChI is InChI=1S/C16H17N5O2/c1-3-23-15(22)21-5-4-11-12(6-17)14(20)16(8-18,9-19)10(2)13(11)7-21/h4,10,13H,3,5,7,20H2,1-2H3/t10-,13-/m0/s1. The Labute approximate surface area is 134 Å². The molecule has 7 nitrogen and oxygen atoms in total. The van der Waals surface area contributed by atoms with Crippen LogP contribution in [0.2, 0.25) is 0 Å². The molecule has 0 saturated carbocycles. The molecule has 0 radical (unpaired) electrons. The molecule has 0 aromatic rings. The fourth-order valence-corrected chi connectivity index (χ4v) is 3.22. The highest BCUT2D eigenvalue weighted by Gasteiger charge is 2.52. The SMILES string of the molecule is CCOC(=O)N1CC=C2C(C#N)=C(N)C(C#N)(C#N)[C@@H](C)[C@@H]2C1. The number of allylic oxidation sites excluding steroid dienone is 2. The van der Waals surface area contributed by atoms with Crippen LogP contribution in [0.5, 0.6) is 0 Å². The Balaban J connectivity index is 2.52. The molecule has 0 aromatic heterocycles. The fraction of sp³-hybridized carbons (Fsp3) is 0.500. The molecule has 2 rings (SSSR count). The lowest BCUT2D eigenvalue weighted by Crippen LogP contribution is -2.49. The molecule has 1 aliphatic carbocycles. The number of carbonyl (C=O) groups excluding carboxylic acids is 1. The van der Waals surface area contributed by atoms with Crippen LogP contribution in [0.4, 0.5) is 4.79 Å². The second-order valence-electron chi connectivity index (χ2n) is 5.59. The molecule has 0 spiro atoms. The first-order valence-corrected chi connectivity index (χ1v) is 7.31. The maximum atomic E-state index is 11.9. The van der Waals surface area contributed by atoms with Crippen molar-refractivity contribution < 1.29 is 9.53 Å². The van der Waals surface area contributed by atoms with Crippen molar-refractivity contribution in [2.24, 2.45) is 23.0 Å². The third kappa shape index (κ3) is 2.29. The van der Waals surface area contributed by atoms with Gasteiger partial charge in [-0.1, -0.05) is 13.0 Å². The molecular formula is C16H17N5O2. The van der Waals surface area contributed by atoms with E-state index in [1.165, 1.54) is 4.90 Å². The van der Waals surface area contributed by atoms with Gasteiger partial charge < -0.3 is 15.4 Å². The molecule has 1 aliphatic heterocycles. The van der Waals surface area contributed by atoms with Crippen molar-refractivity contribution in [1.29, 1.82) is 15.8 Å². The second-order valence-corrected chi connectivity index (χ2v) is 5.59. The van der Waals surface area contributed by atoms with Crippen molar-refractivity contribution in [3.63, 3.8) is 0 Å². The zero-order chi connectivity index (χ0) is 17.2. The quantitative estimate of drug-likeness (QED) is 0.780. The number of hydrogen-bond acceptors (Lipinski definition) is 6. The summed E-state index contributed by atoms with van der Waals surface area (Å²) in [6.07, 6.45) is 1.31. The van der Waals surface area contributed by atoms with Crippen LogP contribution < -0.4 is 5.73 Å². The van der Waals surface area contributed by atoms with Crippen LogP contribution in [0.15, 0.2) is 22.9 Å². The first-order valence-electron chi connectivity index (χ1n) is 7.31. The molecule has 2 atom stereocenters. The minimum absolute atomic E-state index is 0.00425. The van der Waals surface area contributed by atoms with E-state index in [1.807, 2.05) is 18.2 Å². The number of carbonyl (C=O) groups is 1. The molecule has 0 fully saturated rings. The van der Waals surface area contributed by atoms with Gasteiger partial charge in [-0.2, -0.15) is 15.8 Å². The first-order chi connectivity index (χ1) is 11.0. The van der Waals surface area contributed by atoms with Gasteiger partial charge in [0.25, 0.3) is 0 Å². The summed E-state index contributed by atoms with van der Waals surface area (Å²) in [6.45, 7) is 4.33. The molecule has 2 N–H and O–H groups in total. The summed E-state index contributed by atoms with van der Waals surface area (Å²) in [5.41, 5.74) is 5.32. The van der Waals surface area contributed by atoms with Gasteiger partial charge in [0, 0.05) is 24.9 Å². The summed E-state index contributed by atoms with van der Waals surface area (Å²) in [5.74, 6) is -0.757. The van der Waals surface area contributed by atoms with E-state index in [-0.39, 0.29) is 30.3 Å². The molecule has 0 aromatic carbocycles. The predicted molar refractivity (Wildman–Crippen MR) is 79.8 cm³/mol. The van der Waals surface area contributed by atoms with E-state index < -0.39 is 17.4 Å². The summed E-state index contributed by atoms with van der Waals surface area (Å²) < 4.78 is 5.00. The molecule has 2 aliphatic rings. The van der Waals surface area contributed by atoms with Gasteiger partial charge in [-0.3, -0.25) is 0 Å². The third-order valence-corrected chi connectivity index (χ3v) is 4.61. The zero-order valence-electron chi connectivity index (χ0n) is 13.0. The Morgan fingerprint density at radius 3 is 2.65 bits per heavy atom. The Kier molecular flexibility index (Phi) is 4.29. The van der Waals surface area contributed by atoms with Crippen molar-refractivity contribution in [2.75, 3.05) is 19.7 Å². The number of ether oxygens (including phenoxy) is 1. The van der Waals surface area contributed by atoms with E-state index in [9.17, 15) is 20.6 Å². The minimum Gasteiger partial charge on any atom is -0.450 e. The lowest BCUT2D eigenvalue weighted by atomic mass is 9.61. The lowest BCUT2D eigenvalue weighted by molar-refractivity contribution is 0.0959. The van der Waals surface area contributed by atoms with Crippen molar-refractivity contribution in [1.82, 2.24) is 4.90 Å². The monoisotopic (exact) mass is 311 g/mol. The van der Waals surface area contributed by atoms with Gasteiger partial charge in [-0.05, 0) is 12.5 Å². The number of hydrogen-bond donors (Lipinski definition) is 1. The molecule has 7 heteroatoms. The number of fused-ring (bicyclic) bond motifs is 1. The molecule has 1 heterocycles. The first kappa shape index (κ1) is 16.4. The van der Waals surface area contributed by atoms with Crippen molar-refractivity contribution >= 4 is 6.09 Å². The van der Waals surface area contributed by atoms with E-state index in [4.69, 9.17) is 10.5 Å². The molecule has 0 unspecified atom stereocenters. The average molecular weight is 311 g/mol. The molecule has 23 heavy (non-hydrogen) atoms. The summed E-state index contributed by atoms with van der Waals surface area (Å²) >= 11 is 0. The van der Waals surface area contributed by atoms with E-state index in [2.05, 4.69) is 0 Å². The normalized spacial score (nSPS) is 25.3. The fourth-order valence-electron chi connectivity index (χ4n) is 3.22.